The van der Waals surface area contributed by atoms with Crippen molar-refractivity contribution in [1.82, 2.24) is 9.78 Å². The fourth-order valence-electron chi connectivity index (χ4n) is 2.32. The molecule has 2 rings (SSSR count). The van der Waals surface area contributed by atoms with Gasteiger partial charge in [0.25, 0.3) is 0 Å². The summed E-state index contributed by atoms with van der Waals surface area (Å²) in [5.41, 5.74) is 1.08. The third-order valence-corrected chi connectivity index (χ3v) is 3.94. The molecule has 0 aromatic carbocycles. The van der Waals surface area contributed by atoms with Crippen LogP contribution in [0.4, 0.5) is 0 Å². The molecule has 1 aromatic heterocycles. The van der Waals surface area contributed by atoms with Gasteiger partial charge in [-0.2, -0.15) is 5.10 Å². The van der Waals surface area contributed by atoms with E-state index in [-0.39, 0.29) is 5.38 Å². The van der Waals surface area contributed by atoms with E-state index in [2.05, 4.69) is 5.10 Å². The van der Waals surface area contributed by atoms with Gasteiger partial charge < -0.3 is 4.74 Å². The van der Waals surface area contributed by atoms with E-state index in [0.717, 1.165) is 30.1 Å². The van der Waals surface area contributed by atoms with Crippen molar-refractivity contribution in [3.8, 4) is 0 Å². The van der Waals surface area contributed by atoms with E-state index in [1.165, 1.54) is 6.42 Å². The van der Waals surface area contributed by atoms with Gasteiger partial charge in [-0.25, -0.2) is 0 Å². The molecular formula is C11H16Cl2N2O. The Hall–Kier alpha value is -0.250. The Kier molecular flexibility index (Phi) is 4.11. The SMILES string of the molecule is COCCn1ncc(Cl)c1C1CCCC1Cl. The van der Waals surface area contributed by atoms with E-state index in [1.54, 1.807) is 13.3 Å². The number of rotatable bonds is 4. The van der Waals surface area contributed by atoms with Gasteiger partial charge in [-0.1, -0.05) is 18.0 Å². The largest absolute Gasteiger partial charge is 0.383 e. The third-order valence-electron chi connectivity index (χ3n) is 3.12. The standard InChI is InChI=1S/C11H16Cl2N2O/c1-16-6-5-15-11(10(13)7-14-15)8-3-2-4-9(8)12/h7-9H,2-6H2,1H3. The lowest BCUT2D eigenvalue weighted by atomic mass is 10.0. The minimum absolute atomic E-state index is 0.190. The topological polar surface area (TPSA) is 27.1 Å². The van der Waals surface area contributed by atoms with Gasteiger partial charge in [-0.05, 0) is 12.8 Å². The summed E-state index contributed by atoms with van der Waals surface area (Å²) in [4.78, 5) is 0. The summed E-state index contributed by atoms with van der Waals surface area (Å²) in [5, 5.41) is 5.20. The number of alkyl halides is 1. The molecule has 0 aliphatic heterocycles. The van der Waals surface area contributed by atoms with Crippen molar-refractivity contribution in [2.24, 2.45) is 0 Å². The van der Waals surface area contributed by atoms with Crippen molar-refractivity contribution in [3.05, 3.63) is 16.9 Å². The summed E-state index contributed by atoms with van der Waals surface area (Å²) in [7, 11) is 1.69. The normalized spacial score (nSPS) is 25.2. The maximum absolute atomic E-state index is 6.32. The molecule has 1 aromatic rings. The van der Waals surface area contributed by atoms with Gasteiger partial charge in [-0.3, -0.25) is 4.68 Å². The average molecular weight is 263 g/mol. The summed E-state index contributed by atoms with van der Waals surface area (Å²) < 4.78 is 6.99. The summed E-state index contributed by atoms with van der Waals surface area (Å²) in [6.07, 6.45) is 5.05. The first-order chi connectivity index (χ1) is 7.74. The molecular weight excluding hydrogens is 247 g/mol. The Bertz CT molecular complexity index is 354. The second-order valence-corrected chi connectivity index (χ2v) is 5.11. The van der Waals surface area contributed by atoms with E-state index in [1.807, 2.05) is 4.68 Å². The molecule has 2 unspecified atom stereocenters. The first kappa shape index (κ1) is 12.2. The molecule has 1 aliphatic carbocycles. The fourth-order valence-corrected chi connectivity index (χ4v) is 3.00. The molecule has 3 nitrogen and oxygen atoms in total. The molecule has 1 heterocycles. The molecule has 0 N–H and O–H groups in total. The minimum atomic E-state index is 0.190. The molecule has 90 valence electrons. The second kappa shape index (κ2) is 5.39. The smallest absolute Gasteiger partial charge is 0.0821 e. The number of methoxy groups -OCH3 is 1. The number of hydrogen-bond donors (Lipinski definition) is 0. The number of ether oxygens (including phenoxy) is 1. The van der Waals surface area contributed by atoms with Crippen LogP contribution in [0.5, 0.6) is 0 Å². The van der Waals surface area contributed by atoms with Crippen LogP contribution in [-0.4, -0.2) is 28.9 Å². The first-order valence-corrected chi connectivity index (χ1v) is 6.39. The van der Waals surface area contributed by atoms with Crippen LogP contribution in [0.3, 0.4) is 0 Å². The number of aromatic nitrogens is 2. The monoisotopic (exact) mass is 262 g/mol. The predicted octanol–water partition coefficient (Wildman–Crippen LogP) is 3.06. The zero-order chi connectivity index (χ0) is 11.5. The zero-order valence-electron chi connectivity index (χ0n) is 9.33. The van der Waals surface area contributed by atoms with Crippen LogP contribution < -0.4 is 0 Å². The molecule has 5 heteroatoms. The molecule has 16 heavy (non-hydrogen) atoms. The van der Waals surface area contributed by atoms with Crippen LogP contribution in [0.25, 0.3) is 0 Å². The molecule has 1 saturated carbocycles. The Balaban J connectivity index is 2.20. The Morgan fingerprint density at radius 2 is 2.38 bits per heavy atom. The molecule has 0 bridgehead atoms. The van der Waals surface area contributed by atoms with E-state index in [9.17, 15) is 0 Å². The van der Waals surface area contributed by atoms with Crippen LogP contribution >= 0.6 is 23.2 Å². The van der Waals surface area contributed by atoms with Crippen LogP contribution in [-0.2, 0) is 11.3 Å². The van der Waals surface area contributed by atoms with Crippen molar-refractivity contribution in [1.29, 1.82) is 0 Å². The summed E-state index contributed by atoms with van der Waals surface area (Å²) in [6.45, 7) is 1.38. The van der Waals surface area contributed by atoms with E-state index >= 15 is 0 Å². The summed E-state index contributed by atoms with van der Waals surface area (Å²) in [6, 6.07) is 0. The van der Waals surface area contributed by atoms with E-state index < -0.39 is 0 Å². The highest BCUT2D eigenvalue weighted by molar-refractivity contribution is 6.31. The second-order valence-electron chi connectivity index (χ2n) is 4.15. The van der Waals surface area contributed by atoms with Crippen molar-refractivity contribution >= 4 is 23.2 Å². The average Bonchev–Trinajstić information content (AvgIpc) is 2.82. The van der Waals surface area contributed by atoms with Gasteiger partial charge in [0.05, 0.1) is 30.1 Å². The van der Waals surface area contributed by atoms with E-state index in [0.29, 0.717) is 12.5 Å². The molecule has 0 radical (unpaired) electrons. The van der Waals surface area contributed by atoms with Crippen molar-refractivity contribution < 1.29 is 4.74 Å². The molecule has 2 atom stereocenters. The van der Waals surface area contributed by atoms with Gasteiger partial charge in [-0.15, -0.1) is 11.6 Å². The maximum atomic E-state index is 6.32. The molecule has 1 fully saturated rings. The number of nitrogens with zero attached hydrogens (tertiary/aromatic N) is 2. The fraction of sp³-hybridized carbons (Fsp3) is 0.727. The Morgan fingerprint density at radius 1 is 1.56 bits per heavy atom. The highest BCUT2D eigenvalue weighted by Gasteiger charge is 2.31. The lowest BCUT2D eigenvalue weighted by molar-refractivity contribution is 0.182. The van der Waals surface area contributed by atoms with Crippen LogP contribution in [0.2, 0.25) is 5.02 Å². The Labute approximate surface area is 106 Å². The van der Waals surface area contributed by atoms with Crippen molar-refractivity contribution in [2.75, 3.05) is 13.7 Å². The van der Waals surface area contributed by atoms with Gasteiger partial charge in [0, 0.05) is 18.4 Å². The zero-order valence-corrected chi connectivity index (χ0v) is 10.8. The van der Waals surface area contributed by atoms with Gasteiger partial charge in [0.15, 0.2) is 0 Å². The number of hydrogen-bond acceptors (Lipinski definition) is 2. The quantitative estimate of drug-likeness (QED) is 0.780. The molecule has 0 saturated heterocycles. The summed E-state index contributed by atoms with van der Waals surface area (Å²) >= 11 is 12.5. The van der Waals surface area contributed by atoms with Gasteiger partial charge in [0.2, 0.25) is 0 Å². The molecule has 0 spiro atoms. The van der Waals surface area contributed by atoms with E-state index in [4.69, 9.17) is 27.9 Å². The Morgan fingerprint density at radius 3 is 3.00 bits per heavy atom. The maximum Gasteiger partial charge on any atom is 0.0821 e. The van der Waals surface area contributed by atoms with Crippen molar-refractivity contribution in [3.63, 3.8) is 0 Å². The lowest BCUT2D eigenvalue weighted by Gasteiger charge is -2.16. The minimum Gasteiger partial charge on any atom is -0.383 e. The van der Waals surface area contributed by atoms with Crippen LogP contribution in [0.15, 0.2) is 6.20 Å². The highest BCUT2D eigenvalue weighted by Crippen LogP contribution is 2.40. The molecule has 0 amide bonds. The van der Waals surface area contributed by atoms with Crippen molar-refractivity contribution in [2.45, 2.75) is 37.1 Å². The lowest BCUT2D eigenvalue weighted by Crippen LogP contribution is -2.15. The number of halogens is 2. The first-order valence-electron chi connectivity index (χ1n) is 5.58. The predicted molar refractivity (Wildman–Crippen MR) is 65.3 cm³/mol. The van der Waals surface area contributed by atoms with Crippen LogP contribution in [0, 0.1) is 0 Å². The highest BCUT2D eigenvalue weighted by atomic mass is 35.5. The van der Waals surface area contributed by atoms with Gasteiger partial charge in [0.1, 0.15) is 0 Å². The van der Waals surface area contributed by atoms with Gasteiger partial charge >= 0.3 is 0 Å². The molecule has 1 aliphatic rings. The summed E-state index contributed by atoms with van der Waals surface area (Å²) in [5.74, 6) is 0.341. The van der Waals surface area contributed by atoms with Crippen LogP contribution in [0.1, 0.15) is 30.9 Å². The third kappa shape index (κ3) is 2.36.